The van der Waals surface area contributed by atoms with Crippen molar-refractivity contribution in [3.05, 3.63) is 52.9 Å². The molecule has 1 amide bonds. The van der Waals surface area contributed by atoms with Gasteiger partial charge in [-0.1, -0.05) is 12.1 Å². The summed E-state index contributed by atoms with van der Waals surface area (Å²) in [5, 5.41) is 18.7. The maximum atomic E-state index is 12.5. The topological polar surface area (TPSA) is 107 Å². The van der Waals surface area contributed by atoms with Gasteiger partial charge >= 0.3 is 5.97 Å². The van der Waals surface area contributed by atoms with Crippen molar-refractivity contribution in [1.29, 1.82) is 5.41 Å². The maximum Gasteiger partial charge on any atom is 0.323 e. The highest BCUT2D eigenvalue weighted by Crippen LogP contribution is 2.23. The summed E-state index contributed by atoms with van der Waals surface area (Å²) in [5.74, 6) is -1.69. The van der Waals surface area contributed by atoms with Gasteiger partial charge < -0.3 is 10.8 Å². The van der Waals surface area contributed by atoms with Crippen LogP contribution in [0.2, 0.25) is 0 Å². The van der Waals surface area contributed by atoms with E-state index in [9.17, 15) is 9.59 Å². The van der Waals surface area contributed by atoms with Crippen molar-refractivity contribution in [3.63, 3.8) is 0 Å². The number of anilines is 1. The summed E-state index contributed by atoms with van der Waals surface area (Å²) >= 11 is 1.28. The van der Waals surface area contributed by atoms with E-state index in [1.165, 1.54) is 22.3 Å². The zero-order valence-electron chi connectivity index (χ0n) is 10.9. The Balaban J connectivity index is 2.36. The van der Waals surface area contributed by atoms with Crippen LogP contribution >= 0.6 is 11.3 Å². The Kier molecular flexibility index (Phi) is 4.34. The minimum absolute atomic E-state index is 0.148. The molecule has 6 nitrogen and oxygen atoms in total. The predicted molar refractivity (Wildman–Crippen MR) is 81.1 cm³/mol. The summed E-state index contributed by atoms with van der Waals surface area (Å²) in [5.41, 5.74) is 6.11. The number of nitrogens with one attached hydrogen (secondary N) is 1. The monoisotopic (exact) mass is 303 g/mol. The lowest BCUT2D eigenvalue weighted by Crippen LogP contribution is -2.35. The SMILES string of the molecule is N=C(N)c1cccc(C(=O)N(CC(=O)O)c2cccs2)c1. The minimum atomic E-state index is -1.10. The highest BCUT2D eigenvalue weighted by Gasteiger charge is 2.21. The molecule has 1 aromatic carbocycles. The molecular weight excluding hydrogens is 290 g/mol. The number of carbonyl (C=O) groups is 2. The summed E-state index contributed by atoms with van der Waals surface area (Å²) in [6, 6.07) is 9.70. The number of hydrogen-bond acceptors (Lipinski definition) is 4. The van der Waals surface area contributed by atoms with Crippen molar-refractivity contribution in [3.8, 4) is 0 Å². The van der Waals surface area contributed by atoms with Crippen LogP contribution in [0.5, 0.6) is 0 Å². The van der Waals surface area contributed by atoms with Gasteiger partial charge in [0.15, 0.2) is 0 Å². The Hall–Kier alpha value is -2.67. The molecule has 1 aromatic heterocycles. The van der Waals surface area contributed by atoms with Crippen LogP contribution in [-0.2, 0) is 4.79 Å². The number of amidine groups is 1. The molecule has 0 spiro atoms. The zero-order chi connectivity index (χ0) is 15.4. The minimum Gasteiger partial charge on any atom is -0.480 e. The Labute approximate surface area is 124 Å². The van der Waals surface area contributed by atoms with Crippen LogP contribution in [0.4, 0.5) is 5.00 Å². The summed E-state index contributed by atoms with van der Waals surface area (Å²) in [6.07, 6.45) is 0. The van der Waals surface area contributed by atoms with Crippen LogP contribution in [0.25, 0.3) is 0 Å². The number of rotatable bonds is 5. The molecular formula is C14H13N3O3S. The number of thiophene rings is 1. The van der Waals surface area contributed by atoms with E-state index >= 15 is 0 Å². The standard InChI is InChI=1S/C14H13N3O3S/c15-13(16)9-3-1-4-10(7-9)14(20)17(8-12(18)19)11-5-2-6-21-11/h1-7H,8H2,(H3,15,16)(H,18,19). The number of benzene rings is 1. The van der Waals surface area contributed by atoms with Crippen LogP contribution in [-0.4, -0.2) is 29.4 Å². The first-order valence-corrected chi connectivity index (χ1v) is 6.88. The smallest absolute Gasteiger partial charge is 0.323 e. The summed E-state index contributed by atoms with van der Waals surface area (Å²) in [7, 11) is 0. The average molecular weight is 303 g/mol. The van der Waals surface area contributed by atoms with Gasteiger partial charge in [-0.2, -0.15) is 0 Å². The summed E-state index contributed by atoms with van der Waals surface area (Å²) in [4.78, 5) is 24.7. The van der Waals surface area contributed by atoms with Gasteiger partial charge in [0.2, 0.25) is 0 Å². The van der Waals surface area contributed by atoms with Gasteiger partial charge in [0, 0.05) is 11.1 Å². The van der Waals surface area contributed by atoms with Crippen molar-refractivity contribution >= 4 is 34.0 Å². The molecule has 0 aliphatic rings. The maximum absolute atomic E-state index is 12.5. The lowest BCUT2D eigenvalue weighted by atomic mass is 10.1. The van der Waals surface area contributed by atoms with Crippen molar-refractivity contribution in [2.75, 3.05) is 11.4 Å². The van der Waals surface area contributed by atoms with Crippen molar-refractivity contribution in [2.45, 2.75) is 0 Å². The average Bonchev–Trinajstić information content (AvgIpc) is 2.98. The van der Waals surface area contributed by atoms with Gasteiger partial charge in [0.25, 0.3) is 5.91 Å². The molecule has 0 saturated carbocycles. The second-order valence-electron chi connectivity index (χ2n) is 4.23. The molecule has 0 aliphatic carbocycles. The van der Waals surface area contributed by atoms with Crippen LogP contribution in [0, 0.1) is 5.41 Å². The number of nitrogen functional groups attached to an aromatic ring is 1. The van der Waals surface area contributed by atoms with Gasteiger partial charge in [-0.05, 0) is 29.6 Å². The van der Waals surface area contributed by atoms with E-state index < -0.39 is 18.4 Å². The lowest BCUT2D eigenvalue weighted by Gasteiger charge is -2.19. The Morgan fingerprint density at radius 2 is 1.95 bits per heavy atom. The van der Waals surface area contributed by atoms with Crippen molar-refractivity contribution in [2.24, 2.45) is 5.73 Å². The van der Waals surface area contributed by atoms with Gasteiger partial charge in [0.1, 0.15) is 12.4 Å². The van der Waals surface area contributed by atoms with Crippen molar-refractivity contribution < 1.29 is 14.7 Å². The number of nitrogens with two attached hydrogens (primary N) is 1. The molecule has 0 atom stereocenters. The molecule has 0 aliphatic heterocycles. The Morgan fingerprint density at radius 1 is 1.24 bits per heavy atom. The van der Waals surface area contributed by atoms with Gasteiger partial charge in [-0.25, -0.2) is 0 Å². The molecule has 0 bridgehead atoms. The summed E-state index contributed by atoms with van der Waals surface area (Å²) in [6.45, 7) is -0.427. The van der Waals surface area contributed by atoms with E-state index in [2.05, 4.69) is 0 Å². The second-order valence-corrected chi connectivity index (χ2v) is 5.16. The molecule has 0 fully saturated rings. The summed E-state index contributed by atoms with van der Waals surface area (Å²) < 4.78 is 0. The number of carbonyl (C=O) groups excluding carboxylic acids is 1. The lowest BCUT2D eigenvalue weighted by molar-refractivity contribution is -0.135. The number of hydrogen-bond donors (Lipinski definition) is 3. The van der Waals surface area contributed by atoms with Crippen LogP contribution in [0.3, 0.4) is 0 Å². The van der Waals surface area contributed by atoms with Crippen LogP contribution in [0.1, 0.15) is 15.9 Å². The fourth-order valence-electron chi connectivity index (χ4n) is 1.78. The third-order valence-electron chi connectivity index (χ3n) is 2.73. The molecule has 1 heterocycles. The first-order valence-electron chi connectivity index (χ1n) is 6.00. The molecule has 108 valence electrons. The number of aliphatic carboxylic acids is 1. The van der Waals surface area contributed by atoms with E-state index in [1.54, 1.807) is 35.7 Å². The molecule has 2 rings (SSSR count). The molecule has 4 N–H and O–H groups in total. The van der Waals surface area contributed by atoms with Gasteiger partial charge in [-0.3, -0.25) is 19.9 Å². The van der Waals surface area contributed by atoms with E-state index in [0.29, 0.717) is 10.6 Å². The quantitative estimate of drug-likeness (QED) is 0.578. The number of nitrogens with zero attached hydrogens (tertiary/aromatic N) is 1. The van der Waals surface area contributed by atoms with Crippen molar-refractivity contribution in [1.82, 2.24) is 0 Å². The molecule has 0 saturated heterocycles. The fourth-order valence-corrected chi connectivity index (χ4v) is 2.51. The first kappa shape index (κ1) is 14.7. The van der Waals surface area contributed by atoms with Gasteiger partial charge in [0.05, 0.1) is 5.00 Å². The third-order valence-corrected chi connectivity index (χ3v) is 3.62. The molecule has 0 unspecified atom stereocenters. The van der Waals surface area contributed by atoms with E-state index in [0.717, 1.165) is 0 Å². The normalized spacial score (nSPS) is 10.1. The highest BCUT2D eigenvalue weighted by atomic mass is 32.1. The Bertz CT molecular complexity index is 683. The van der Waals surface area contributed by atoms with E-state index in [-0.39, 0.29) is 11.4 Å². The second kappa shape index (κ2) is 6.19. The number of carboxylic acid groups (broad SMARTS) is 1. The predicted octanol–water partition coefficient (Wildman–Crippen LogP) is 1.76. The van der Waals surface area contributed by atoms with E-state index in [4.69, 9.17) is 16.2 Å². The molecule has 0 radical (unpaired) electrons. The van der Waals surface area contributed by atoms with Crippen LogP contribution < -0.4 is 10.6 Å². The Morgan fingerprint density at radius 3 is 2.52 bits per heavy atom. The third kappa shape index (κ3) is 3.46. The highest BCUT2D eigenvalue weighted by molar-refractivity contribution is 7.14. The number of carboxylic acids is 1. The molecule has 2 aromatic rings. The largest absolute Gasteiger partial charge is 0.480 e. The number of amides is 1. The fraction of sp³-hybridized carbons (Fsp3) is 0.0714. The van der Waals surface area contributed by atoms with Crippen LogP contribution in [0.15, 0.2) is 41.8 Å². The van der Waals surface area contributed by atoms with Gasteiger partial charge in [-0.15, -0.1) is 11.3 Å². The van der Waals surface area contributed by atoms with E-state index in [1.807, 2.05) is 0 Å². The zero-order valence-corrected chi connectivity index (χ0v) is 11.8. The molecule has 7 heteroatoms. The first-order chi connectivity index (χ1) is 9.99. The molecule has 21 heavy (non-hydrogen) atoms.